The zero-order valence-corrected chi connectivity index (χ0v) is 8.94. The van der Waals surface area contributed by atoms with Gasteiger partial charge in [-0.15, -0.1) is 0 Å². The number of aromatic nitrogens is 1. The molecule has 4 nitrogen and oxygen atoms in total. The normalized spacial score (nSPS) is 17.2. The van der Waals surface area contributed by atoms with E-state index in [2.05, 4.69) is 10.3 Å². The van der Waals surface area contributed by atoms with Crippen molar-refractivity contribution in [3.8, 4) is 5.88 Å². The van der Waals surface area contributed by atoms with Gasteiger partial charge in [-0.05, 0) is 24.8 Å². The third-order valence-corrected chi connectivity index (χ3v) is 2.68. The number of methoxy groups -OCH3 is 1. The lowest BCUT2D eigenvalue weighted by Gasteiger charge is -2.12. The molecule has 1 aromatic rings. The summed E-state index contributed by atoms with van der Waals surface area (Å²) in [7, 11) is 1.61. The van der Waals surface area contributed by atoms with E-state index in [0.717, 1.165) is 12.4 Å². The number of rotatable bonds is 5. The highest BCUT2D eigenvalue weighted by atomic mass is 16.5. The van der Waals surface area contributed by atoms with Crippen molar-refractivity contribution in [1.82, 2.24) is 4.98 Å². The minimum atomic E-state index is 0.248. The fraction of sp³-hybridized carbons (Fsp3) is 0.545. The van der Waals surface area contributed by atoms with E-state index < -0.39 is 0 Å². The van der Waals surface area contributed by atoms with Crippen LogP contribution >= 0.6 is 0 Å². The van der Waals surface area contributed by atoms with Crippen molar-refractivity contribution in [2.45, 2.75) is 18.9 Å². The minimum Gasteiger partial charge on any atom is -0.481 e. The highest BCUT2D eigenvalue weighted by Crippen LogP contribution is 2.31. The molecule has 0 amide bonds. The Hall–Kier alpha value is -1.29. The van der Waals surface area contributed by atoms with Crippen molar-refractivity contribution >= 4 is 5.82 Å². The summed E-state index contributed by atoms with van der Waals surface area (Å²) in [6.07, 6.45) is 2.54. The van der Waals surface area contributed by atoms with E-state index in [1.807, 2.05) is 18.2 Å². The second-order valence-corrected chi connectivity index (χ2v) is 3.95. The van der Waals surface area contributed by atoms with Gasteiger partial charge in [0.15, 0.2) is 0 Å². The Balaban J connectivity index is 1.86. The van der Waals surface area contributed by atoms with Crippen LogP contribution in [0.25, 0.3) is 0 Å². The zero-order chi connectivity index (χ0) is 10.7. The van der Waals surface area contributed by atoms with Gasteiger partial charge in [-0.3, -0.25) is 0 Å². The van der Waals surface area contributed by atoms with Crippen molar-refractivity contribution in [1.29, 1.82) is 0 Å². The van der Waals surface area contributed by atoms with Gasteiger partial charge in [-0.25, -0.2) is 0 Å². The molecule has 1 aliphatic rings. The molecule has 1 fully saturated rings. The second kappa shape index (κ2) is 4.49. The molecule has 0 aromatic carbocycles. The number of nitrogens with one attached hydrogen (secondary N) is 1. The van der Waals surface area contributed by atoms with E-state index in [-0.39, 0.29) is 6.04 Å². The van der Waals surface area contributed by atoms with Gasteiger partial charge in [-0.2, -0.15) is 4.98 Å². The van der Waals surface area contributed by atoms with Gasteiger partial charge in [0.2, 0.25) is 5.88 Å². The standard InChI is InChI=1S/C11H17N3O/c1-15-11-4-2-3-10(14-11)13-7-9(12)8-5-6-8/h2-4,8-9H,5-7,12H2,1H3,(H,13,14). The maximum atomic E-state index is 5.98. The Bertz CT molecular complexity index is 325. The number of pyridine rings is 1. The number of hydrogen-bond donors (Lipinski definition) is 2. The maximum absolute atomic E-state index is 5.98. The monoisotopic (exact) mass is 207 g/mol. The number of nitrogens with two attached hydrogens (primary N) is 1. The molecule has 4 heteroatoms. The molecule has 0 radical (unpaired) electrons. The van der Waals surface area contributed by atoms with Crippen LogP contribution in [0, 0.1) is 5.92 Å². The first-order valence-electron chi connectivity index (χ1n) is 5.30. The third-order valence-electron chi connectivity index (χ3n) is 2.68. The quantitative estimate of drug-likeness (QED) is 0.762. The van der Waals surface area contributed by atoms with Gasteiger partial charge in [-0.1, -0.05) is 6.07 Å². The Morgan fingerprint density at radius 1 is 1.60 bits per heavy atom. The molecule has 0 bridgehead atoms. The van der Waals surface area contributed by atoms with Gasteiger partial charge in [0.05, 0.1) is 7.11 Å². The van der Waals surface area contributed by atoms with E-state index in [1.165, 1.54) is 12.8 Å². The fourth-order valence-corrected chi connectivity index (χ4v) is 1.54. The molecule has 15 heavy (non-hydrogen) atoms. The molecule has 1 atom stereocenters. The van der Waals surface area contributed by atoms with E-state index in [9.17, 15) is 0 Å². The maximum Gasteiger partial charge on any atom is 0.214 e. The van der Waals surface area contributed by atoms with Crippen LogP contribution in [0.15, 0.2) is 18.2 Å². The average molecular weight is 207 g/mol. The highest BCUT2D eigenvalue weighted by Gasteiger charge is 2.28. The van der Waals surface area contributed by atoms with Gasteiger partial charge in [0.25, 0.3) is 0 Å². The van der Waals surface area contributed by atoms with Crippen molar-refractivity contribution in [3.63, 3.8) is 0 Å². The van der Waals surface area contributed by atoms with E-state index >= 15 is 0 Å². The van der Waals surface area contributed by atoms with E-state index in [1.54, 1.807) is 7.11 Å². The summed E-state index contributed by atoms with van der Waals surface area (Å²) < 4.78 is 5.04. The van der Waals surface area contributed by atoms with Gasteiger partial charge in [0.1, 0.15) is 5.82 Å². The van der Waals surface area contributed by atoms with Crippen LogP contribution in [-0.4, -0.2) is 24.7 Å². The summed E-state index contributed by atoms with van der Waals surface area (Å²) in [6, 6.07) is 5.91. The Labute approximate surface area is 89.8 Å². The topological polar surface area (TPSA) is 60.2 Å². The second-order valence-electron chi connectivity index (χ2n) is 3.95. The molecule has 1 aromatic heterocycles. The van der Waals surface area contributed by atoms with Crippen LogP contribution in [0.5, 0.6) is 5.88 Å². The molecule has 3 N–H and O–H groups in total. The Morgan fingerprint density at radius 3 is 3.07 bits per heavy atom. The molecule has 1 saturated carbocycles. The van der Waals surface area contributed by atoms with Gasteiger partial charge < -0.3 is 15.8 Å². The summed E-state index contributed by atoms with van der Waals surface area (Å²) in [5, 5.41) is 3.22. The summed E-state index contributed by atoms with van der Waals surface area (Å²) >= 11 is 0. The summed E-state index contributed by atoms with van der Waals surface area (Å²) in [4.78, 5) is 4.25. The first-order valence-corrected chi connectivity index (χ1v) is 5.30. The summed E-state index contributed by atoms with van der Waals surface area (Å²) in [5.41, 5.74) is 5.98. The predicted molar refractivity (Wildman–Crippen MR) is 60.0 cm³/mol. The molecule has 1 unspecified atom stereocenters. The molecule has 2 rings (SSSR count). The number of anilines is 1. The average Bonchev–Trinajstić information content (AvgIpc) is 3.10. The number of hydrogen-bond acceptors (Lipinski definition) is 4. The van der Waals surface area contributed by atoms with Crippen LogP contribution in [0.1, 0.15) is 12.8 Å². The van der Waals surface area contributed by atoms with Crippen LogP contribution < -0.4 is 15.8 Å². The van der Waals surface area contributed by atoms with Crippen LogP contribution in [0.3, 0.4) is 0 Å². The van der Waals surface area contributed by atoms with E-state index in [0.29, 0.717) is 11.8 Å². The molecular weight excluding hydrogens is 190 g/mol. The van der Waals surface area contributed by atoms with Crippen molar-refractivity contribution in [3.05, 3.63) is 18.2 Å². The summed E-state index contributed by atoms with van der Waals surface area (Å²) in [5.74, 6) is 2.16. The minimum absolute atomic E-state index is 0.248. The molecule has 0 aliphatic heterocycles. The van der Waals surface area contributed by atoms with E-state index in [4.69, 9.17) is 10.5 Å². The zero-order valence-electron chi connectivity index (χ0n) is 8.94. The molecule has 0 spiro atoms. The first-order chi connectivity index (χ1) is 7.29. The highest BCUT2D eigenvalue weighted by molar-refractivity contribution is 5.37. The molecule has 82 valence electrons. The lowest BCUT2D eigenvalue weighted by Crippen LogP contribution is -2.31. The number of nitrogens with zero attached hydrogens (tertiary/aromatic N) is 1. The Morgan fingerprint density at radius 2 is 2.40 bits per heavy atom. The lowest BCUT2D eigenvalue weighted by atomic mass is 10.2. The van der Waals surface area contributed by atoms with Crippen LogP contribution in [0.4, 0.5) is 5.82 Å². The molecule has 1 heterocycles. The third kappa shape index (κ3) is 2.83. The smallest absolute Gasteiger partial charge is 0.214 e. The fourth-order valence-electron chi connectivity index (χ4n) is 1.54. The van der Waals surface area contributed by atoms with Crippen molar-refractivity contribution in [2.75, 3.05) is 19.0 Å². The predicted octanol–water partition coefficient (Wildman–Crippen LogP) is 1.24. The van der Waals surface area contributed by atoms with Crippen molar-refractivity contribution < 1.29 is 4.74 Å². The van der Waals surface area contributed by atoms with Crippen LogP contribution in [0.2, 0.25) is 0 Å². The van der Waals surface area contributed by atoms with Gasteiger partial charge >= 0.3 is 0 Å². The van der Waals surface area contributed by atoms with Crippen LogP contribution in [-0.2, 0) is 0 Å². The lowest BCUT2D eigenvalue weighted by molar-refractivity contribution is 0.398. The SMILES string of the molecule is COc1cccc(NCC(N)C2CC2)n1. The molecule has 0 saturated heterocycles. The number of ether oxygens (including phenoxy) is 1. The molecule has 1 aliphatic carbocycles. The largest absolute Gasteiger partial charge is 0.481 e. The van der Waals surface area contributed by atoms with Crippen molar-refractivity contribution in [2.24, 2.45) is 11.7 Å². The molecular formula is C11H17N3O. The first kappa shape index (κ1) is 10.2. The summed E-state index contributed by atoms with van der Waals surface area (Å²) in [6.45, 7) is 0.783. The van der Waals surface area contributed by atoms with Gasteiger partial charge in [0, 0.05) is 18.7 Å². The Kier molecular flexibility index (Phi) is 3.06.